The number of hydrogen-bond donors (Lipinski definition) is 1. The van der Waals surface area contributed by atoms with Crippen molar-refractivity contribution in [1.29, 1.82) is 0 Å². The summed E-state index contributed by atoms with van der Waals surface area (Å²) in [7, 11) is 2.04. The van der Waals surface area contributed by atoms with E-state index in [4.69, 9.17) is 9.15 Å². The zero-order valence-corrected chi connectivity index (χ0v) is 17.8. The second kappa shape index (κ2) is 8.38. The van der Waals surface area contributed by atoms with Gasteiger partial charge in [0.15, 0.2) is 0 Å². The monoisotopic (exact) mass is 428 g/mol. The van der Waals surface area contributed by atoms with Crippen LogP contribution in [0.15, 0.2) is 71.6 Å². The summed E-state index contributed by atoms with van der Waals surface area (Å²) in [5, 5.41) is 10.5. The van der Waals surface area contributed by atoms with Crippen LogP contribution in [0.1, 0.15) is 40.2 Å². The molecule has 2 aromatic heterocycles. The molecule has 0 saturated carbocycles. The molecule has 4 aromatic rings. The highest BCUT2D eigenvalue weighted by molar-refractivity contribution is 5.89. The van der Waals surface area contributed by atoms with E-state index < -0.39 is 5.97 Å². The lowest BCUT2D eigenvalue weighted by Crippen LogP contribution is -2.17. The van der Waals surface area contributed by atoms with E-state index in [0.29, 0.717) is 24.5 Å². The number of anilines is 2. The molecular weight excluding hydrogens is 404 g/mol. The predicted octanol–water partition coefficient (Wildman–Crippen LogP) is 5.79. The Kier molecular flexibility index (Phi) is 5.27. The summed E-state index contributed by atoms with van der Waals surface area (Å²) in [6.45, 7) is 0.657. The Morgan fingerprint density at radius 1 is 1.16 bits per heavy atom. The van der Waals surface area contributed by atoms with Gasteiger partial charge in [0.1, 0.15) is 11.3 Å². The maximum Gasteiger partial charge on any atom is 0.336 e. The minimum absolute atomic E-state index is 0.322. The number of aryl methyl sites for hydroxylation is 1. The van der Waals surface area contributed by atoms with Gasteiger partial charge >= 0.3 is 5.97 Å². The van der Waals surface area contributed by atoms with E-state index in [1.807, 2.05) is 25.2 Å². The van der Waals surface area contributed by atoms with E-state index >= 15 is 0 Å². The molecule has 0 bridgehead atoms. The summed E-state index contributed by atoms with van der Waals surface area (Å²) in [6.07, 6.45) is 7.34. The average molecular weight is 428 g/mol. The Balaban J connectivity index is 1.36. The van der Waals surface area contributed by atoms with Crippen molar-refractivity contribution in [2.45, 2.75) is 25.2 Å². The van der Waals surface area contributed by atoms with Crippen LogP contribution in [0, 0.1) is 0 Å². The molecule has 0 aliphatic carbocycles. The third kappa shape index (κ3) is 3.80. The van der Waals surface area contributed by atoms with E-state index in [2.05, 4.69) is 34.1 Å². The van der Waals surface area contributed by atoms with Gasteiger partial charge in [-0.2, -0.15) is 0 Å². The molecule has 0 spiro atoms. The molecular formula is C26H24N2O4. The molecule has 162 valence electrons. The van der Waals surface area contributed by atoms with Gasteiger partial charge in [-0.05, 0) is 72.7 Å². The predicted molar refractivity (Wildman–Crippen MR) is 123 cm³/mol. The number of carbonyl (C=O) groups is 1. The number of nitrogens with zero attached hydrogens (tertiary/aromatic N) is 2. The van der Waals surface area contributed by atoms with Gasteiger partial charge in [-0.25, -0.2) is 4.79 Å². The van der Waals surface area contributed by atoms with Crippen LogP contribution in [0.3, 0.4) is 0 Å². The third-order valence-electron chi connectivity index (χ3n) is 6.27. The summed E-state index contributed by atoms with van der Waals surface area (Å²) < 4.78 is 11.4. The van der Waals surface area contributed by atoms with Crippen LogP contribution in [-0.2, 0) is 6.42 Å². The van der Waals surface area contributed by atoms with E-state index in [9.17, 15) is 9.90 Å². The van der Waals surface area contributed by atoms with Crippen molar-refractivity contribution in [2.24, 2.45) is 0 Å². The van der Waals surface area contributed by atoms with E-state index in [1.54, 1.807) is 18.5 Å². The lowest BCUT2D eigenvalue weighted by atomic mass is 9.87. The number of furan rings is 1. The fraction of sp³-hybridized carbons (Fsp3) is 0.231. The highest BCUT2D eigenvalue weighted by atomic mass is 16.5. The molecule has 6 nitrogen and oxygen atoms in total. The molecule has 3 heterocycles. The number of carboxylic acids is 1. The number of fused-ring (bicyclic) bond motifs is 2. The maximum absolute atomic E-state index is 11.5. The topological polar surface area (TPSA) is 75.8 Å². The minimum Gasteiger partial charge on any atom is -0.493 e. The van der Waals surface area contributed by atoms with Gasteiger partial charge < -0.3 is 19.2 Å². The second-order valence-corrected chi connectivity index (χ2v) is 8.13. The van der Waals surface area contributed by atoms with Gasteiger partial charge in [0, 0.05) is 42.3 Å². The number of aromatic carboxylic acids is 1. The summed E-state index contributed by atoms with van der Waals surface area (Å²) >= 11 is 0. The first-order valence-corrected chi connectivity index (χ1v) is 10.7. The molecule has 6 heteroatoms. The van der Waals surface area contributed by atoms with Crippen molar-refractivity contribution < 1.29 is 19.1 Å². The largest absolute Gasteiger partial charge is 0.493 e. The number of aromatic nitrogens is 1. The summed E-state index contributed by atoms with van der Waals surface area (Å²) in [5.74, 6) is 0.318. The molecule has 1 N–H and O–H groups in total. The zero-order chi connectivity index (χ0) is 22.1. The van der Waals surface area contributed by atoms with Gasteiger partial charge in [-0.15, -0.1) is 0 Å². The van der Waals surface area contributed by atoms with Gasteiger partial charge in [-0.1, -0.05) is 6.07 Å². The van der Waals surface area contributed by atoms with Crippen molar-refractivity contribution in [3.63, 3.8) is 0 Å². The number of rotatable bonds is 6. The van der Waals surface area contributed by atoms with E-state index in [0.717, 1.165) is 46.5 Å². The first-order valence-electron chi connectivity index (χ1n) is 10.7. The number of carboxylic acid groups (broad SMARTS) is 1. The number of hydrogen-bond acceptors (Lipinski definition) is 5. The highest BCUT2D eigenvalue weighted by Crippen LogP contribution is 2.40. The van der Waals surface area contributed by atoms with Crippen LogP contribution in [-0.4, -0.2) is 29.7 Å². The fourth-order valence-electron chi connectivity index (χ4n) is 4.44. The molecule has 1 atom stereocenters. The minimum atomic E-state index is -0.906. The SMILES string of the molecule is CN(c1ccc2c(c1)OCC[C@H]2CCc1cnccc1C(=O)O)c1ccc2occc2c1. The standard InChI is InChI=1S/C26H24N2O4/c1-28(20-5-7-24-18(14-20)10-13-31-24)21-4-6-22-17(9-12-32-25(22)15-21)2-3-19-16-27-11-8-23(19)26(29)30/h4-8,10-11,13-17H,2-3,9,12H2,1H3,(H,29,30)/t17-/m1/s1. The molecule has 5 rings (SSSR count). The van der Waals surface area contributed by atoms with Crippen LogP contribution < -0.4 is 9.64 Å². The summed E-state index contributed by atoms with van der Waals surface area (Å²) in [6, 6.07) is 16.0. The Morgan fingerprint density at radius 3 is 2.88 bits per heavy atom. The number of pyridine rings is 1. The summed E-state index contributed by atoms with van der Waals surface area (Å²) in [5.41, 5.74) is 5.28. The number of benzene rings is 2. The van der Waals surface area contributed by atoms with Crippen molar-refractivity contribution in [3.05, 3.63) is 83.9 Å². The number of ether oxygens (including phenoxy) is 1. The Morgan fingerprint density at radius 2 is 2.00 bits per heavy atom. The molecule has 1 aliphatic heterocycles. The Bertz CT molecular complexity index is 1280. The molecule has 0 unspecified atom stereocenters. The maximum atomic E-state index is 11.5. The van der Waals surface area contributed by atoms with Crippen LogP contribution in [0.5, 0.6) is 5.75 Å². The van der Waals surface area contributed by atoms with Gasteiger partial charge in [0.25, 0.3) is 0 Å². The lowest BCUT2D eigenvalue weighted by molar-refractivity contribution is 0.0695. The fourth-order valence-corrected chi connectivity index (χ4v) is 4.44. The Labute approximate surface area is 186 Å². The molecule has 0 saturated heterocycles. The summed E-state index contributed by atoms with van der Waals surface area (Å²) in [4.78, 5) is 17.7. The molecule has 1 aliphatic rings. The van der Waals surface area contributed by atoms with Crippen molar-refractivity contribution in [2.75, 3.05) is 18.6 Å². The molecule has 0 fully saturated rings. The molecule has 32 heavy (non-hydrogen) atoms. The molecule has 0 radical (unpaired) electrons. The van der Waals surface area contributed by atoms with Gasteiger partial charge in [0.05, 0.1) is 18.4 Å². The first kappa shape index (κ1) is 20.1. The van der Waals surface area contributed by atoms with Crippen molar-refractivity contribution >= 4 is 28.3 Å². The quantitative estimate of drug-likeness (QED) is 0.419. The average Bonchev–Trinajstić information content (AvgIpc) is 3.30. The first-order chi connectivity index (χ1) is 15.6. The lowest BCUT2D eigenvalue weighted by Gasteiger charge is -2.28. The van der Waals surface area contributed by atoms with Crippen LogP contribution >= 0.6 is 0 Å². The second-order valence-electron chi connectivity index (χ2n) is 8.13. The molecule has 0 amide bonds. The van der Waals surface area contributed by atoms with Gasteiger partial charge in [0.2, 0.25) is 0 Å². The zero-order valence-electron chi connectivity index (χ0n) is 17.8. The van der Waals surface area contributed by atoms with Crippen LogP contribution in [0.2, 0.25) is 0 Å². The smallest absolute Gasteiger partial charge is 0.336 e. The van der Waals surface area contributed by atoms with E-state index in [-0.39, 0.29) is 0 Å². The van der Waals surface area contributed by atoms with Crippen LogP contribution in [0.25, 0.3) is 11.0 Å². The molecule has 2 aromatic carbocycles. The van der Waals surface area contributed by atoms with Gasteiger partial charge in [-0.3, -0.25) is 4.98 Å². The van der Waals surface area contributed by atoms with Crippen molar-refractivity contribution in [3.8, 4) is 5.75 Å². The van der Waals surface area contributed by atoms with Crippen molar-refractivity contribution in [1.82, 2.24) is 4.98 Å². The highest BCUT2D eigenvalue weighted by Gasteiger charge is 2.23. The van der Waals surface area contributed by atoms with E-state index in [1.165, 1.54) is 11.8 Å². The Hall–Kier alpha value is -3.80. The third-order valence-corrected chi connectivity index (χ3v) is 6.27. The normalized spacial score (nSPS) is 15.2. The van der Waals surface area contributed by atoms with Crippen LogP contribution in [0.4, 0.5) is 11.4 Å².